The quantitative estimate of drug-likeness (QED) is 0.173. The fourth-order valence-corrected chi connectivity index (χ4v) is 10.1. The third kappa shape index (κ3) is 5.77. The number of nitrogens with zero attached hydrogens (tertiary/aromatic N) is 4. The number of hydrogen-bond acceptors (Lipinski definition) is 4. The van der Waals surface area contributed by atoms with Crippen LogP contribution in [0.3, 0.4) is 0 Å². The van der Waals surface area contributed by atoms with Gasteiger partial charge in [-0.2, -0.15) is 0 Å². The van der Waals surface area contributed by atoms with Gasteiger partial charge >= 0.3 is 0 Å². The van der Waals surface area contributed by atoms with Crippen LogP contribution in [0.2, 0.25) is 0 Å². The Hall–Kier alpha value is -8.93. The summed E-state index contributed by atoms with van der Waals surface area (Å²) in [5, 5.41) is 13.8. The van der Waals surface area contributed by atoms with Crippen molar-refractivity contribution in [3.05, 3.63) is 218 Å². The minimum atomic E-state index is 0.550. The molecule has 0 aliphatic rings. The van der Waals surface area contributed by atoms with Crippen molar-refractivity contribution in [1.82, 2.24) is 19.5 Å². The van der Waals surface area contributed by atoms with Crippen LogP contribution in [0.25, 0.3) is 138 Å². The van der Waals surface area contributed by atoms with Gasteiger partial charge in [-0.25, -0.2) is 15.0 Å². The lowest BCUT2D eigenvalue weighted by molar-refractivity contribution is 0.669. The van der Waals surface area contributed by atoms with E-state index in [-0.39, 0.29) is 0 Å². The van der Waals surface area contributed by atoms with Crippen LogP contribution in [0.15, 0.2) is 223 Å². The van der Waals surface area contributed by atoms with Gasteiger partial charge in [-0.05, 0) is 103 Å². The number of furan rings is 1. The molecule has 0 aliphatic carbocycles. The largest absolute Gasteiger partial charge is 0.456 e. The Morgan fingerprint density at radius 1 is 0.303 bits per heavy atom. The second-order valence-electron chi connectivity index (χ2n) is 17.2. The van der Waals surface area contributed by atoms with Gasteiger partial charge in [0.2, 0.25) is 0 Å². The van der Waals surface area contributed by atoms with Gasteiger partial charge in [0.15, 0.2) is 17.5 Å². The second-order valence-corrected chi connectivity index (χ2v) is 17.2. The third-order valence-electron chi connectivity index (χ3n) is 13.4. The molecule has 0 saturated heterocycles. The van der Waals surface area contributed by atoms with Gasteiger partial charge in [0.25, 0.3) is 0 Å². The summed E-state index contributed by atoms with van der Waals surface area (Å²) in [6.07, 6.45) is 0. The predicted molar refractivity (Wildman–Crippen MR) is 273 cm³/mol. The summed E-state index contributed by atoms with van der Waals surface area (Å²) >= 11 is 0. The van der Waals surface area contributed by atoms with Crippen LogP contribution >= 0.6 is 0 Å². The molecule has 5 heteroatoms. The van der Waals surface area contributed by atoms with E-state index in [2.05, 4.69) is 217 Å². The predicted octanol–water partition coefficient (Wildman–Crippen LogP) is 16.1. The van der Waals surface area contributed by atoms with Gasteiger partial charge in [0.1, 0.15) is 11.2 Å². The lowest BCUT2D eigenvalue weighted by Crippen LogP contribution is -2.04. The minimum Gasteiger partial charge on any atom is -0.456 e. The van der Waals surface area contributed by atoms with E-state index < -0.39 is 0 Å². The summed E-state index contributed by atoms with van der Waals surface area (Å²) in [6, 6.07) is 77.6. The van der Waals surface area contributed by atoms with Crippen LogP contribution in [0, 0.1) is 0 Å². The molecule has 0 unspecified atom stereocenters. The average Bonchev–Trinajstić information content (AvgIpc) is 3.90. The molecule has 11 aromatic carbocycles. The highest BCUT2D eigenvalue weighted by molar-refractivity contribution is 6.24. The first-order valence-corrected chi connectivity index (χ1v) is 22.3. The smallest absolute Gasteiger partial charge is 0.166 e. The van der Waals surface area contributed by atoms with E-state index in [1.165, 1.54) is 32.3 Å². The molecule has 0 aliphatic heterocycles. The first kappa shape index (κ1) is 36.5. The zero-order valence-electron chi connectivity index (χ0n) is 35.5. The van der Waals surface area contributed by atoms with Crippen LogP contribution in [0.1, 0.15) is 0 Å². The van der Waals surface area contributed by atoms with E-state index in [1.807, 2.05) is 6.07 Å². The maximum absolute atomic E-state index is 6.84. The Bertz CT molecular complexity index is 4280. The Balaban J connectivity index is 1.10. The van der Waals surface area contributed by atoms with E-state index in [1.54, 1.807) is 0 Å². The molecule has 5 nitrogen and oxygen atoms in total. The van der Waals surface area contributed by atoms with Gasteiger partial charge < -0.3 is 8.98 Å². The Kier molecular flexibility index (Phi) is 7.91. The molecule has 0 saturated carbocycles. The van der Waals surface area contributed by atoms with E-state index >= 15 is 0 Å². The number of rotatable bonds is 5. The molecule has 0 spiro atoms. The number of benzene rings is 11. The van der Waals surface area contributed by atoms with Gasteiger partial charge in [-0.1, -0.05) is 170 Å². The van der Waals surface area contributed by atoms with Crippen LogP contribution in [-0.4, -0.2) is 19.5 Å². The molecular formula is C61H36N4O. The second kappa shape index (κ2) is 14.3. The first-order valence-electron chi connectivity index (χ1n) is 22.3. The standard InChI is InChI=1S/C61H36N4O/c1-2-12-37(13-3-1)39-22-25-41(26-23-39)59-62-60(47-27-24-38-14-4-5-16-42(38)30-47)64-61(63-59)52-36-57-50(49-31-43-17-7-9-20-46(43)34-56(49)66-57)35-55(52)65-53-29-28-40-15-10-11-21-48(40)58(53)51-32-44-18-6-8-19-45(44)33-54(51)65/h1-36H. The molecule has 14 aromatic rings. The van der Waals surface area contributed by atoms with Crippen molar-refractivity contribution in [2.45, 2.75) is 0 Å². The molecular weight excluding hydrogens is 805 g/mol. The highest BCUT2D eigenvalue weighted by Crippen LogP contribution is 2.44. The molecule has 0 bridgehead atoms. The van der Waals surface area contributed by atoms with Crippen molar-refractivity contribution in [3.63, 3.8) is 0 Å². The molecule has 0 N–H and O–H groups in total. The normalized spacial score (nSPS) is 11.9. The van der Waals surface area contributed by atoms with E-state index in [9.17, 15) is 0 Å². The van der Waals surface area contributed by atoms with Crippen molar-refractivity contribution in [1.29, 1.82) is 0 Å². The monoisotopic (exact) mass is 840 g/mol. The third-order valence-corrected chi connectivity index (χ3v) is 13.4. The Morgan fingerprint density at radius 3 is 1.58 bits per heavy atom. The summed E-state index contributed by atoms with van der Waals surface area (Å²) in [5.41, 5.74) is 9.65. The highest BCUT2D eigenvalue weighted by atomic mass is 16.3. The Labute approximate surface area is 378 Å². The summed E-state index contributed by atoms with van der Waals surface area (Å²) in [5.74, 6) is 1.73. The van der Waals surface area contributed by atoms with Crippen LogP contribution in [0.4, 0.5) is 0 Å². The van der Waals surface area contributed by atoms with Gasteiger partial charge in [0.05, 0.1) is 16.7 Å². The SMILES string of the molecule is c1ccc(-c2ccc(-c3nc(-c4ccc5ccccc5c4)nc(-c4cc5oc6cc7ccccc7cc6c5cc4-n4c5cc6ccccc6cc5c5c6ccccc6ccc54)n3)cc2)cc1. The lowest BCUT2D eigenvalue weighted by atomic mass is 10.0. The molecule has 0 atom stereocenters. The van der Waals surface area contributed by atoms with Crippen molar-refractivity contribution in [3.8, 4) is 51.0 Å². The van der Waals surface area contributed by atoms with Crippen molar-refractivity contribution < 1.29 is 4.42 Å². The van der Waals surface area contributed by atoms with Gasteiger partial charge in [-0.15, -0.1) is 0 Å². The zero-order valence-corrected chi connectivity index (χ0v) is 35.5. The van der Waals surface area contributed by atoms with Crippen molar-refractivity contribution in [2.24, 2.45) is 0 Å². The summed E-state index contributed by atoms with van der Waals surface area (Å²) in [4.78, 5) is 16.1. The molecule has 0 amide bonds. The maximum atomic E-state index is 6.84. The molecule has 3 heterocycles. The molecule has 3 aromatic heterocycles. The van der Waals surface area contributed by atoms with E-state index in [0.717, 1.165) is 88.0 Å². The van der Waals surface area contributed by atoms with Crippen LogP contribution < -0.4 is 0 Å². The van der Waals surface area contributed by atoms with Crippen molar-refractivity contribution in [2.75, 3.05) is 0 Å². The number of hydrogen-bond donors (Lipinski definition) is 0. The van der Waals surface area contributed by atoms with Crippen LogP contribution in [0.5, 0.6) is 0 Å². The fraction of sp³-hybridized carbons (Fsp3) is 0. The molecule has 0 fully saturated rings. The molecule has 14 rings (SSSR count). The summed E-state index contributed by atoms with van der Waals surface area (Å²) < 4.78 is 9.26. The van der Waals surface area contributed by atoms with E-state index in [4.69, 9.17) is 19.4 Å². The molecule has 66 heavy (non-hydrogen) atoms. The van der Waals surface area contributed by atoms with Gasteiger partial charge in [0, 0.05) is 38.2 Å². The Morgan fingerprint density at radius 2 is 0.818 bits per heavy atom. The zero-order chi connectivity index (χ0) is 43.3. The van der Waals surface area contributed by atoms with Crippen molar-refractivity contribution >= 4 is 86.8 Å². The fourth-order valence-electron chi connectivity index (χ4n) is 10.1. The number of fused-ring (bicyclic) bond motifs is 11. The topological polar surface area (TPSA) is 56.7 Å². The molecule has 0 radical (unpaired) electrons. The molecule has 306 valence electrons. The van der Waals surface area contributed by atoms with Gasteiger partial charge in [-0.3, -0.25) is 0 Å². The average molecular weight is 841 g/mol. The number of aromatic nitrogens is 4. The van der Waals surface area contributed by atoms with E-state index in [0.29, 0.717) is 17.5 Å². The summed E-state index contributed by atoms with van der Waals surface area (Å²) in [7, 11) is 0. The first-order chi connectivity index (χ1) is 32.7. The highest BCUT2D eigenvalue weighted by Gasteiger charge is 2.24. The minimum absolute atomic E-state index is 0.550. The lowest BCUT2D eigenvalue weighted by Gasteiger charge is -2.16. The van der Waals surface area contributed by atoms with Crippen LogP contribution in [-0.2, 0) is 0 Å². The maximum Gasteiger partial charge on any atom is 0.166 e. The summed E-state index contributed by atoms with van der Waals surface area (Å²) in [6.45, 7) is 0.